The lowest BCUT2D eigenvalue weighted by Crippen LogP contribution is -2.10. The van der Waals surface area contributed by atoms with Crippen LogP contribution in [-0.4, -0.2) is 16.2 Å². The normalized spacial score (nSPS) is 12.1. The molecule has 0 aromatic heterocycles. The summed E-state index contributed by atoms with van der Waals surface area (Å²) in [5, 5.41) is 18.2. The van der Waals surface area contributed by atoms with Crippen LogP contribution in [0.15, 0.2) is 48.5 Å². The quantitative estimate of drug-likeness (QED) is 0.875. The molecule has 0 aliphatic carbocycles. The van der Waals surface area contributed by atoms with Crippen LogP contribution in [0, 0.1) is 5.82 Å². The largest absolute Gasteiger partial charge is 0.479 e. The summed E-state index contributed by atoms with van der Waals surface area (Å²) in [4.78, 5) is 10.7. The molecule has 0 saturated carbocycles. The van der Waals surface area contributed by atoms with Crippen LogP contribution in [0.25, 0.3) is 11.1 Å². The highest BCUT2D eigenvalue weighted by Crippen LogP contribution is 2.24. The highest BCUT2D eigenvalue weighted by Gasteiger charge is 2.16. The Morgan fingerprint density at radius 2 is 1.67 bits per heavy atom. The monoisotopic (exact) mass is 246 g/mol. The number of aliphatic hydroxyl groups excluding tert-OH is 1. The molecule has 92 valence electrons. The number of rotatable bonds is 3. The second kappa shape index (κ2) is 4.98. The average molecular weight is 246 g/mol. The number of carboxylic acid groups (broad SMARTS) is 1. The van der Waals surface area contributed by atoms with Gasteiger partial charge in [-0.15, -0.1) is 0 Å². The predicted molar refractivity (Wildman–Crippen MR) is 64.4 cm³/mol. The van der Waals surface area contributed by atoms with Crippen molar-refractivity contribution in [2.75, 3.05) is 0 Å². The second-order valence-corrected chi connectivity index (χ2v) is 3.88. The Balaban J connectivity index is 2.41. The molecule has 1 unspecified atom stereocenters. The van der Waals surface area contributed by atoms with Gasteiger partial charge >= 0.3 is 5.97 Å². The minimum Gasteiger partial charge on any atom is -0.479 e. The van der Waals surface area contributed by atoms with Gasteiger partial charge in [-0.05, 0) is 34.9 Å². The predicted octanol–water partition coefficient (Wildman–Crippen LogP) is 2.61. The van der Waals surface area contributed by atoms with Crippen LogP contribution >= 0.6 is 0 Å². The summed E-state index contributed by atoms with van der Waals surface area (Å²) in [6, 6.07) is 12.4. The first-order chi connectivity index (χ1) is 8.58. The van der Waals surface area contributed by atoms with E-state index in [1.807, 2.05) is 0 Å². The summed E-state index contributed by atoms with van der Waals surface area (Å²) in [5.41, 5.74) is 1.56. The Hall–Kier alpha value is -2.20. The molecule has 0 fully saturated rings. The minimum absolute atomic E-state index is 0.268. The maximum Gasteiger partial charge on any atom is 0.337 e. The molecule has 0 saturated heterocycles. The number of hydrogen-bond donors (Lipinski definition) is 2. The topological polar surface area (TPSA) is 57.5 Å². The van der Waals surface area contributed by atoms with Crippen molar-refractivity contribution < 1.29 is 19.4 Å². The van der Waals surface area contributed by atoms with Gasteiger partial charge in [0.1, 0.15) is 5.82 Å². The maximum absolute atomic E-state index is 13.1. The molecule has 0 heterocycles. The Morgan fingerprint density at radius 1 is 1.06 bits per heavy atom. The first-order valence-corrected chi connectivity index (χ1v) is 5.34. The molecule has 2 N–H and O–H groups in total. The van der Waals surface area contributed by atoms with E-state index in [0.717, 1.165) is 0 Å². The molecule has 18 heavy (non-hydrogen) atoms. The van der Waals surface area contributed by atoms with Crippen molar-refractivity contribution in [1.82, 2.24) is 0 Å². The van der Waals surface area contributed by atoms with Gasteiger partial charge in [0.25, 0.3) is 0 Å². The number of aliphatic carboxylic acids is 1. The first kappa shape index (κ1) is 12.3. The van der Waals surface area contributed by atoms with E-state index in [1.54, 1.807) is 24.3 Å². The van der Waals surface area contributed by atoms with Crippen molar-refractivity contribution in [2.24, 2.45) is 0 Å². The Labute approximate surface area is 103 Å². The van der Waals surface area contributed by atoms with Gasteiger partial charge in [0.05, 0.1) is 0 Å². The smallest absolute Gasteiger partial charge is 0.337 e. The van der Waals surface area contributed by atoms with Crippen LogP contribution < -0.4 is 0 Å². The van der Waals surface area contributed by atoms with E-state index in [2.05, 4.69) is 0 Å². The summed E-state index contributed by atoms with van der Waals surface area (Å²) in [7, 11) is 0. The lowest BCUT2D eigenvalue weighted by molar-refractivity contribution is -0.146. The molecule has 0 bridgehead atoms. The third-order valence-electron chi connectivity index (χ3n) is 2.59. The van der Waals surface area contributed by atoms with Crippen LogP contribution in [0.3, 0.4) is 0 Å². The van der Waals surface area contributed by atoms with Crippen molar-refractivity contribution in [2.45, 2.75) is 6.10 Å². The van der Waals surface area contributed by atoms with E-state index in [-0.39, 0.29) is 11.4 Å². The summed E-state index contributed by atoms with van der Waals surface area (Å²) < 4.78 is 13.1. The van der Waals surface area contributed by atoms with E-state index in [9.17, 15) is 14.3 Å². The molecule has 2 aromatic rings. The van der Waals surface area contributed by atoms with Gasteiger partial charge in [0, 0.05) is 0 Å². The molecule has 0 spiro atoms. The highest BCUT2D eigenvalue weighted by atomic mass is 19.1. The van der Waals surface area contributed by atoms with Gasteiger partial charge in [-0.25, -0.2) is 9.18 Å². The number of halogens is 1. The third-order valence-corrected chi connectivity index (χ3v) is 2.59. The van der Waals surface area contributed by atoms with Gasteiger partial charge < -0.3 is 10.2 Å². The summed E-state index contributed by atoms with van der Waals surface area (Å²) in [6.45, 7) is 0. The first-order valence-electron chi connectivity index (χ1n) is 5.34. The van der Waals surface area contributed by atoms with Crippen LogP contribution in [0.4, 0.5) is 4.39 Å². The van der Waals surface area contributed by atoms with E-state index in [4.69, 9.17) is 5.11 Å². The standard InChI is InChI=1S/C14H11FO3/c15-12-6-2-4-10(8-12)9-3-1-5-11(7-9)13(16)14(17)18/h1-8,13,16H,(H,17,18). The SMILES string of the molecule is O=C(O)C(O)c1cccc(-c2cccc(F)c2)c1. The molecular formula is C14H11FO3. The van der Waals surface area contributed by atoms with Gasteiger partial charge in [-0.1, -0.05) is 30.3 Å². The van der Waals surface area contributed by atoms with Gasteiger partial charge in [-0.3, -0.25) is 0 Å². The third kappa shape index (κ3) is 2.55. The van der Waals surface area contributed by atoms with Gasteiger partial charge in [0.2, 0.25) is 0 Å². The van der Waals surface area contributed by atoms with Crippen LogP contribution in [0.2, 0.25) is 0 Å². The zero-order chi connectivity index (χ0) is 13.1. The average Bonchev–Trinajstić information content (AvgIpc) is 2.38. The van der Waals surface area contributed by atoms with Crippen LogP contribution in [0.5, 0.6) is 0 Å². The fourth-order valence-electron chi connectivity index (χ4n) is 1.70. The van der Waals surface area contributed by atoms with Gasteiger partial charge in [-0.2, -0.15) is 0 Å². The molecular weight excluding hydrogens is 235 g/mol. The minimum atomic E-state index is -1.57. The lowest BCUT2D eigenvalue weighted by atomic mass is 10.0. The van der Waals surface area contributed by atoms with Crippen LogP contribution in [0.1, 0.15) is 11.7 Å². The lowest BCUT2D eigenvalue weighted by Gasteiger charge is -2.08. The zero-order valence-electron chi connectivity index (χ0n) is 9.38. The summed E-state index contributed by atoms with van der Waals surface area (Å²) in [5.74, 6) is -1.68. The van der Waals surface area contributed by atoms with Crippen molar-refractivity contribution in [3.63, 3.8) is 0 Å². The number of carboxylic acids is 1. The van der Waals surface area contributed by atoms with Crippen molar-refractivity contribution in [3.05, 3.63) is 59.9 Å². The summed E-state index contributed by atoms with van der Waals surface area (Å²) in [6.07, 6.45) is -1.57. The number of aliphatic hydroxyl groups is 1. The molecule has 0 aliphatic heterocycles. The fraction of sp³-hybridized carbons (Fsp3) is 0.0714. The molecule has 0 radical (unpaired) electrons. The van der Waals surface area contributed by atoms with E-state index >= 15 is 0 Å². The number of hydrogen-bond acceptors (Lipinski definition) is 2. The Bertz CT molecular complexity index is 581. The van der Waals surface area contributed by atoms with Crippen molar-refractivity contribution in [1.29, 1.82) is 0 Å². The van der Waals surface area contributed by atoms with Crippen molar-refractivity contribution >= 4 is 5.97 Å². The number of carbonyl (C=O) groups is 1. The van der Waals surface area contributed by atoms with E-state index < -0.39 is 12.1 Å². The van der Waals surface area contributed by atoms with Crippen molar-refractivity contribution in [3.8, 4) is 11.1 Å². The molecule has 1 atom stereocenters. The fourth-order valence-corrected chi connectivity index (χ4v) is 1.70. The number of benzene rings is 2. The molecule has 3 nitrogen and oxygen atoms in total. The second-order valence-electron chi connectivity index (χ2n) is 3.88. The Kier molecular flexibility index (Phi) is 3.39. The molecule has 4 heteroatoms. The zero-order valence-corrected chi connectivity index (χ0v) is 9.38. The maximum atomic E-state index is 13.1. The Morgan fingerprint density at radius 3 is 2.28 bits per heavy atom. The van der Waals surface area contributed by atoms with Crippen LogP contribution in [-0.2, 0) is 4.79 Å². The molecule has 2 rings (SSSR count). The highest BCUT2D eigenvalue weighted by molar-refractivity contribution is 5.75. The molecule has 0 amide bonds. The van der Waals surface area contributed by atoms with E-state index in [0.29, 0.717) is 11.1 Å². The summed E-state index contributed by atoms with van der Waals surface area (Å²) >= 11 is 0. The molecule has 2 aromatic carbocycles. The van der Waals surface area contributed by atoms with Gasteiger partial charge in [0.15, 0.2) is 6.10 Å². The van der Waals surface area contributed by atoms with E-state index in [1.165, 1.54) is 24.3 Å². The molecule has 0 aliphatic rings.